The summed E-state index contributed by atoms with van der Waals surface area (Å²) in [5.74, 6) is 0.487. The molecule has 2 N–H and O–H groups in total. The first-order valence-electron chi connectivity index (χ1n) is 9.54. The molecule has 0 radical (unpaired) electrons. The standard InChI is InChI=1S/C22H26N4O3/c1-14-9-10-17(13-15(14)2)24-22(28)23-16(3)20-25-19-8-6-5-7-18(19)21(27)26(20)11-12-29-4/h5-10,13,16H,11-12H2,1-4H3,(H2,23,24,28)/t16-/m1/s1. The van der Waals surface area contributed by atoms with Crippen LogP contribution in [-0.2, 0) is 11.3 Å². The van der Waals surface area contributed by atoms with E-state index in [2.05, 4.69) is 15.6 Å². The molecule has 3 aromatic rings. The molecule has 1 heterocycles. The summed E-state index contributed by atoms with van der Waals surface area (Å²) in [5.41, 5.74) is 3.42. The number of hydrogen-bond donors (Lipinski definition) is 2. The van der Waals surface area contributed by atoms with Gasteiger partial charge in [-0.05, 0) is 56.2 Å². The van der Waals surface area contributed by atoms with E-state index in [1.165, 1.54) is 0 Å². The fourth-order valence-electron chi connectivity index (χ4n) is 3.16. The van der Waals surface area contributed by atoms with Crippen molar-refractivity contribution in [2.45, 2.75) is 33.4 Å². The van der Waals surface area contributed by atoms with Crippen LogP contribution in [0.15, 0.2) is 47.3 Å². The lowest BCUT2D eigenvalue weighted by molar-refractivity contribution is 0.184. The zero-order valence-electron chi connectivity index (χ0n) is 17.2. The summed E-state index contributed by atoms with van der Waals surface area (Å²) >= 11 is 0. The number of fused-ring (bicyclic) bond motifs is 1. The zero-order chi connectivity index (χ0) is 21.0. The molecule has 2 aromatic carbocycles. The molecule has 7 nitrogen and oxygen atoms in total. The van der Waals surface area contributed by atoms with E-state index in [9.17, 15) is 9.59 Å². The number of rotatable bonds is 6. The van der Waals surface area contributed by atoms with Crippen molar-refractivity contribution in [3.8, 4) is 0 Å². The zero-order valence-corrected chi connectivity index (χ0v) is 17.2. The largest absolute Gasteiger partial charge is 0.383 e. The Kier molecular flexibility index (Phi) is 6.29. The van der Waals surface area contributed by atoms with Gasteiger partial charge in [0.2, 0.25) is 0 Å². The number of ether oxygens (including phenoxy) is 1. The van der Waals surface area contributed by atoms with Crippen LogP contribution >= 0.6 is 0 Å². The van der Waals surface area contributed by atoms with E-state index in [4.69, 9.17) is 4.74 Å². The number of aryl methyl sites for hydroxylation is 2. The van der Waals surface area contributed by atoms with Crippen LogP contribution in [0.5, 0.6) is 0 Å². The molecule has 0 aliphatic rings. The van der Waals surface area contributed by atoms with Crippen molar-refractivity contribution in [2.24, 2.45) is 0 Å². The molecule has 1 atom stereocenters. The van der Waals surface area contributed by atoms with Gasteiger partial charge in [0.05, 0.1) is 30.1 Å². The van der Waals surface area contributed by atoms with Crippen LogP contribution in [0.25, 0.3) is 10.9 Å². The van der Waals surface area contributed by atoms with Gasteiger partial charge >= 0.3 is 6.03 Å². The molecule has 0 fully saturated rings. The van der Waals surface area contributed by atoms with Crippen LogP contribution in [0.3, 0.4) is 0 Å². The lowest BCUT2D eigenvalue weighted by atomic mass is 10.1. The average molecular weight is 394 g/mol. The molecule has 3 rings (SSSR count). The van der Waals surface area contributed by atoms with Crippen molar-refractivity contribution in [3.05, 3.63) is 69.8 Å². The van der Waals surface area contributed by atoms with Gasteiger partial charge < -0.3 is 15.4 Å². The van der Waals surface area contributed by atoms with Crippen LogP contribution in [0, 0.1) is 13.8 Å². The molecule has 0 bridgehead atoms. The number of nitrogens with zero attached hydrogens (tertiary/aromatic N) is 2. The van der Waals surface area contributed by atoms with Gasteiger partial charge in [0.15, 0.2) is 0 Å². The third-order valence-corrected chi connectivity index (χ3v) is 4.91. The third-order valence-electron chi connectivity index (χ3n) is 4.91. The highest BCUT2D eigenvalue weighted by Gasteiger charge is 2.18. The van der Waals surface area contributed by atoms with Gasteiger partial charge in [-0.2, -0.15) is 0 Å². The summed E-state index contributed by atoms with van der Waals surface area (Å²) in [6.07, 6.45) is 0. The Morgan fingerprint density at radius 3 is 2.66 bits per heavy atom. The van der Waals surface area contributed by atoms with Crippen LogP contribution in [0.4, 0.5) is 10.5 Å². The fraction of sp³-hybridized carbons (Fsp3) is 0.318. The predicted octanol–water partition coefficient (Wildman–Crippen LogP) is 3.54. The summed E-state index contributed by atoms with van der Waals surface area (Å²) in [5, 5.41) is 6.25. The van der Waals surface area contributed by atoms with Crippen molar-refractivity contribution < 1.29 is 9.53 Å². The Bertz CT molecular complexity index is 1090. The molecule has 0 aliphatic carbocycles. The number of aromatic nitrogens is 2. The number of anilines is 1. The van der Waals surface area contributed by atoms with Gasteiger partial charge in [-0.3, -0.25) is 9.36 Å². The molecule has 0 spiro atoms. The maximum atomic E-state index is 12.9. The van der Waals surface area contributed by atoms with Gasteiger partial charge in [-0.1, -0.05) is 18.2 Å². The summed E-state index contributed by atoms with van der Waals surface area (Å²) < 4.78 is 6.70. The van der Waals surface area contributed by atoms with E-state index < -0.39 is 6.04 Å². The maximum Gasteiger partial charge on any atom is 0.319 e. The van der Waals surface area contributed by atoms with Crippen LogP contribution in [0.2, 0.25) is 0 Å². The number of nitrogens with one attached hydrogen (secondary N) is 2. The average Bonchev–Trinajstić information content (AvgIpc) is 2.70. The number of amides is 2. The number of benzene rings is 2. The Morgan fingerprint density at radius 1 is 1.17 bits per heavy atom. The highest BCUT2D eigenvalue weighted by Crippen LogP contribution is 2.16. The van der Waals surface area contributed by atoms with Gasteiger partial charge in [0.1, 0.15) is 5.82 Å². The van der Waals surface area contributed by atoms with E-state index in [0.29, 0.717) is 35.6 Å². The molecule has 29 heavy (non-hydrogen) atoms. The highest BCUT2D eigenvalue weighted by atomic mass is 16.5. The number of hydrogen-bond acceptors (Lipinski definition) is 4. The SMILES string of the molecule is COCCn1c([C@@H](C)NC(=O)Nc2ccc(C)c(C)c2)nc2ccccc2c1=O. The molecule has 0 saturated heterocycles. The van der Waals surface area contributed by atoms with Crippen LogP contribution in [0.1, 0.15) is 29.9 Å². The number of carbonyl (C=O) groups excluding carboxylic acids is 1. The Balaban J connectivity index is 1.86. The van der Waals surface area contributed by atoms with Crippen molar-refractivity contribution >= 4 is 22.6 Å². The van der Waals surface area contributed by atoms with E-state index in [-0.39, 0.29) is 11.6 Å². The summed E-state index contributed by atoms with van der Waals surface area (Å²) in [6, 6.07) is 12.1. The quantitative estimate of drug-likeness (QED) is 0.670. The summed E-state index contributed by atoms with van der Waals surface area (Å²) in [6.45, 7) is 6.54. The monoisotopic (exact) mass is 394 g/mol. The first kappa shape index (κ1) is 20.5. The lowest BCUT2D eigenvalue weighted by Crippen LogP contribution is -2.36. The second-order valence-electron chi connectivity index (χ2n) is 7.06. The third kappa shape index (κ3) is 4.63. The molecule has 2 amide bonds. The Labute approximate surface area is 169 Å². The van der Waals surface area contributed by atoms with E-state index >= 15 is 0 Å². The van der Waals surface area contributed by atoms with Crippen molar-refractivity contribution in [3.63, 3.8) is 0 Å². The highest BCUT2D eigenvalue weighted by molar-refractivity contribution is 5.89. The second kappa shape index (κ2) is 8.87. The number of urea groups is 1. The molecule has 0 unspecified atom stereocenters. The molecule has 1 aromatic heterocycles. The molecular formula is C22H26N4O3. The normalized spacial score (nSPS) is 12.0. The lowest BCUT2D eigenvalue weighted by Gasteiger charge is -2.20. The van der Waals surface area contributed by atoms with Gasteiger partial charge in [-0.25, -0.2) is 9.78 Å². The predicted molar refractivity (Wildman–Crippen MR) is 114 cm³/mol. The van der Waals surface area contributed by atoms with Crippen molar-refractivity contribution in [1.29, 1.82) is 0 Å². The van der Waals surface area contributed by atoms with E-state index in [1.54, 1.807) is 30.7 Å². The topological polar surface area (TPSA) is 85.2 Å². The molecule has 7 heteroatoms. The van der Waals surface area contributed by atoms with Gasteiger partial charge in [-0.15, -0.1) is 0 Å². The molecule has 0 saturated carbocycles. The maximum absolute atomic E-state index is 12.9. The van der Waals surface area contributed by atoms with E-state index in [1.807, 2.05) is 44.2 Å². The van der Waals surface area contributed by atoms with Crippen molar-refractivity contribution in [1.82, 2.24) is 14.9 Å². The molecule has 152 valence electrons. The van der Waals surface area contributed by atoms with E-state index in [0.717, 1.165) is 11.1 Å². The number of para-hydroxylation sites is 1. The Morgan fingerprint density at radius 2 is 1.93 bits per heavy atom. The summed E-state index contributed by atoms with van der Waals surface area (Å²) in [4.78, 5) is 30.1. The molecule has 0 aliphatic heterocycles. The first-order chi connectivity index (χ1) is 13.9. The minimum absolute atomic E-state index is 0.147. The number of carbonyl (C=O) groups is 1. The fourth-order valence-corrected chi connectivity index (χ4v) is 3.16. The number of methoxy groups -OCH3 is 1. The Hall–Kier alpha value is -3.19. The second-order valence-corrected chi connectivity index (χ2v) is 7.06. The minimum Gasteiger partial charge on any atom is -0.383 e. The minimum atomic E-state index is -0.476. The van der Waals surface area contributed by atoms with Gasteiger partial charge in [0.25, 0.3) is 5.56 Å². The van der Waals surface area contributed by atoms with Gasteiger partial charge in [0, 0.05) is 12.8 Å². The van der Waals surface area contributed by atoms with Crippen LogP contribution in [-0.4, -0.2) is 29.3 Å². The van der Waals surface area contributed by atoms with Crippen molar-refractivity contribution in [2.75, 3.05) is 19.0 Å². The molecular weight excluding hydrogens is 368 g/mol. The summed E-state index contributed by atoms with van der Waals surface area (Å²) in [7, 11) is 1.58. The first-order valence-corrected chi connectivity index (χ1v) is 9.54. The van der Waals surface area contributed by atoms with Crippen LogP contribution < -0.4 is 16.2 Å². The smallest absolute Gasteiger partial charge is 0.319 e.